The Morgan fingerprint density at radius 2 is 2.00 bits per heavy atom. The zero-order valence-corrected chi connectivity index (χ0v) is 16.1. The van der Waals surface area contributed by atoms with Gasteiger partial charge in [-0.15, -0.1) is 0 Å². The maximum atomic E-state index is 12.8. The fourth-order valence-corrected chi connectivity index (χ4v) is 3.50. The molecule has 26 heavy (non-hydrogen) atoms. The van der Waals surface area contributed by atoms with E-state index in [1.165, 1.54) is 4.57 Å². The van der Waals surface area contributed by atoms with E-state index in [0.717, 1.165) is 31.4 Å². The molecule has 2 aromatic rings. The van der Waals surface area contributed by atoms with Gasteiger partial charge < -0.3 is 9.88 Å². The van der Waals surface area contributed by atoms with Crippen molar-refractivity contribution in [1.29, 1.82) is 0 Å². The van der Waals surface area contributed by atoms with Gasteiger partial charge in [0.25, 0.3) is 5.56 Å². The van der Waals surface area contributed by atoms with Crippen molar-refractivity contribution in [2.45, 2.75) is 31.8 Å². The molecule has 7 heteroatoms. The molecule has 2 heterocycles. The molecular weight excluding hydrogens is 373 g/mol. The quantitative estimate of drug-likeness (QED) is 0.861. The number of amides is 1. The molecule has 0 radical (unpaired) electrons. The molecule has 1 aromatic heterocycles. The van der Waals surface area contributed by atoms with Crippen LogP contribution in [0.5, 0.6) is 0 Å². The number of carbonyl (C=O) groups is 1. The van der Waals surface area contributed by atoms with E-state index in [2.05, 4.69) is 10.2 Å². The van der Waals surface area contributed by atoms with Gasteiger partial charge in [0, 0.05) is 31.5 Å². The number of aromatic nitrogens is 1. The monoisotopic (exact) mass is 393 g/mol. The third kappa shape index (κ3) is 4.47. The molecule has 138 valence electrons. The average Bonchev–Trinajstić information content (AvgIpc) is 2.62. The summed E-state index contributed by atoms with van der Waals surface area (Å²) in [7, 11) is 1.72. The van der Waals surface area contributed by atoms with E-state index in [1.54, 1.807) is 37.5 Å². The second-order valence-corrected chi connectivity index (χ2v) is 7.40. The van der Waals surface area contributed by atoms with Gasteiger partial charge in [0.05, 0.1) is 16.1 Å². The normalized spacial score (nSPS) is 17.9. The van der Waals surface area contributed by atoms with E-state index in [4.69, 9.17) is 23.2 Å². The average molecular weight is 394 g/mol. The smallest absolute Gasteiger partial charge is 0.250 e. The zero-order valence-electron chi connectivity index (χ0n) is 14.5. The number of benzene rings is 1. The van der Waals surface area contributed by atoms with Crippen molar-refractivity contribution >= 4 is 34.8 Å². The molecule has 0 saturated carbocycles. The minimum atomic E-state index is -0.234. The number of anilines is 1. The number of hydrogen-bond acceptors (Lipinski definition) is 3. The Kier molecular flexibility index (Phi) is 6.01. The topological polar surface area (TPSA) is 54.3 Å². The Labute approximate surface area is 162 Å². The number of nitrogens with one attached hydrogen (secondary N) is 1. The van der Waals surface area contributed by atoms with E-state index < -0.39 is 0 Å². The second kappa shape index (κ2) is 8.25. The largest absolute Gasteiger partial charge is 0.325 e. The van der Waals surface area contributed by atoms with Gasteiger partial charge in [0.2, 0.25) is 5.91 Å². The summed E-state index contributed by atoms with van der Waals surface area (Å²) in [6.07, 6.45) is 4.60. The van der Waals surface area contributed by atoms with Crippen LogP contribution in [0.15, 0.2) is 41.3 Å². The summed E-state index contributed by atoms with van der Waals surface area (Å²) in [6, 6.07) is 8.36. The van der Waals surface area contributed by atoms with Crippen LogP contribution in [0.2, 0.25) is 10.0 Å². The van der Waals surface area contributed by atoms with E-state index >= 15 is 0 Å². The highest BCUT2D eigenvalue weighted by molar-refractivity contribution is 6.42. The van der Waals surface area contributed by atoms with Crippen molar-refractivity contribution in [2.24, 2.45) is 7.05 Å². The number of likely N-dealkylation sites (tertiary alicyclic amines) is 1. The van der Waals surface area contributed by atoms with Crippen LogP contribution in [0.3, 0.4) is 0 Å². The summed E-state index contributed by atoms with van der Waals surface area (Å²) >= 11 is 11.9. The molecule has 1 N–H and O–H groups in total. The predicted octanol–water partition coefficient (Wildman–Crippen LogP) is 3.69. The van der Waals surface area contributed by atoms with Gasteiger partial charge in [0.15, 0.2) is 0 Å². The number of nitrogens with zero attached hydrogens (tertiary/aromatic N) is 2. The van der Waals surface area contributed by atoms with Gasteiger partial charge in [-0.1, -0.05) is 29.6 Å². The van der Waals surface area contributed by atoms with Gasteiger partial charge >= 0.3 is 0 Å². The molecule has 5 nitrogen and oxygen atoms in total. The van der Waals surface area contributed by atoms with Crippen molar-refractivity contribution in [1.82, 2.24) is 9.47 Å². The van der Waals surface area contributed by atoms with Crippen LogP contribution < -0.4 is 10.9 Å². The summed E-state index contributed by atoms with van der Waals surface area (Å²) in [6.45, 7) is 1.41. The zero-order chi connectivity index (χ0) is 18.7. The lowest BCUT2D eigenvalue weighted by molar-refractivity contribution is -0.122. The van der Waals surface area contributed by atoms with Gasteiger partial charge in [-0.25, -0.2) is 0 Å². The van der Waals surface area contributed by atoms with E-state index in [9.17, 15) is 9.59 Å². The molecule has 1 atom stereocenters. The van der Waals surface area contributed by atoms with E-state index in [1.807, 2.05) is 6.07 Å². The first-order chi connectivity index (χ1) is 12.4. The first kappa shape index (κ1) is 19.0. The lowest BCUT2D eigenvalue weighted by Gasteiger charge is -2.34. The van der Waals surface area contributed by atoms with Crippen molar-refractivity contribution in [3.8, 4) is 0 Å². The first-order valence-corrected chi connectivity index (χ1v) is 9.35. The number of piperidine rings is 1. The Morgan fingerprint density at radius 1 is 1.19 bits per heavy atom. The highest BCUT2D eigenvalue weighted by atomic mass is 35.5. The van der Waals surface area contributed by atoms with Crippen LogP contribution in [0.25, 0.3) is 0 Å². The minimum absolute atomic E-state index is 0.0451. The molecule has 0 bridgehead atoms. The van der Waals surface area contributed by atoms with E-state index in [-0.39, 0.29) is 17.5 Å². The molecule has 1 aliphatic heterocycles. The summed E-state index contributed by atoms with van der Waals surface area (Å²) in [5.41, 5.74) is 1.50. The van der Waals surface area contributed by atoms with Crippen molar-refractivity contribution in [3.05, 3.63) is 62.5 Å². The number of aryl methyl sites for hydroxylation is 1. The van der Waals surface area contributed by atoms with Crippen molar-refractivity contribution < 1.29 is 4.79 Å². The van der Waals surface area contributed by atoms with Gasteiger partial charge in [-0.2, -0.15) is 0 Å². The van der Waals surface area contributed by atoms with Gasteiger partial charge in [-0.05, 0) is 49.2 Å². The third-order valence-electron chi connectivity index (χ3n) is 4.66. The van der Waals surface area contributed by atoms with Crippen LogP contribution >= 0.6 is 23.2 Å². The lowest BCUT2D eigenvalue weighted by Crippen LogP contribution is -2.46. The standard InChI is InChI=1S/C19H21Cl2N3O2/c1-23-9-7-13(10-18(23)25)12-24-8-3-2-4-17(24)19(26)22-14-5-6-15(20)16(21)11-14/h5-7,9-11,17H,2-4,8,12H2,1H3,(H,22,26)/t17-/m0/s1. The molecule has 1 aliphatic rings. The Balaban J connectivity index is 1.72. The molecule has 1 fully saturated rings. The van der Waals surface area contributed by atoms with E-state index in [0.29, 0.717) is 22.3 Å². The second-order valence-electron chi connectivity index (χ2n) is 6.58. The Morgan fingerprint density at radius 3 is 2.73 bits per heavy atom. The molecular formula is C19H21Cl2N3O2. The fraction of sp³-hybridized carbons (Fsp3) is 0.368. The van der Waals surface area contributed by atoms with Crippen molar-refractivity contribution in [3.63, 3.8) is 0 Å². The molecule has 1 amide bonds. The number of rotatable bonds is 4. The summed E-state index contributed by atoms with van der Waals surface area (Å²) in [5, 5.41) is 3.79. The van der Waals surface area contributed by atoms with Crippen LogP contribution in [-0.2, 0) is 18.4 Å². The summed E-state index contributed by atoms with van der Waals surface area (Å²) in [5.74, 6) is -0.0630. The van der Waals surface area contributed by atoms with Crippen LogP contribution in [0, 0.1) is 0 Å². The SMILES string of the molecule is Cn1ccc(CN2CCCC[C@H]2C(=O)Nc2ccc(Cl)c(Cl)c2)cc1=O. The van der Waals surface area contributed by atoms with Crippen LogP contribution in [0.4, 0.5) is 5.69 Å². The number of halogens is 2. The molecule has 0 spiro atoms. The maximum absolute atomic E-state index is 12.8. The van der Waals surface area contributed by atoms with Crippen LogP contribution in [0.1, 0.15) is 24.8 Å². The highest BCUT2D eigenvalue weighted by Crippen LogP contribution is 2.26. The minimum Gasteiger partial charge on any atom is -0.325 e. The summed E-state index contributed by atoms with van der Waals surface area (Å²) < 4.78 is 1.54. The van der Waals surface area contributed by atoms with Gasteiger partial charge in [0.1, 0.15) is 0 Å². The number of hydrogen-bond donors (Lipinski definition) is 1. The predicted molar refractivity (Wildman–Crippen MR) is 105 cm³/mol. The summed E-state index contributed by atoms with van der Waals surface area (Å²) in [4.78, 5) is 26.8. The number of carbonyl (C=O) groups excluding carboxylic acids is 1. The Hall–Kier alpha value is -1.82. The fourth-order valence-electron chi connectivity index (χ4n) is 3.20. The van der Waals surface area contributed by atoms with Crippen molar-refractivity contribution in [2.75, 3.05) is 11.9 Å². The highest BCUT2D eigenvalue weighted by Gasteiger charge is 2.28. The maximum Gasteiger partial charge on any atom is 0.250 e. The van der Waals surface area contributed by atoms with Crippen LogP contribution in [-0.4, -0.2) is 28.0 Å². The third-order valence-corrected chi connectivity index (χ3v) is 5.40. The molecule has 1 aromatic carbocycles. The molecule has 0 aliphatic carbocycles. The Bertz CT molecular complexity index is 866. The first-order valence-electron chi connectivity index (χ1n) is 8.59. The molecule has 3 rings (SSSR count). The molecule has 0 unspecified atom stereocenters. The van der Waals surface area contributed by atoms with Gasteiger partial charge in [-0.3, -0.25) is 14.5 Å². The molecule has 1 saturated heterocycles. The lowest BCUT2D eigenvalue weighted by atomic mass is 10.0. The number of pyridine rings is 1.